The molecule has 96 valence electrons. The van der Waals surface area contributed by atoms with E-state index in [2.05, 4.69) is 52.8 Å². The standard InChI is InChI=1S/C13H18N4S/c1-3-12-16-13(18-17-12)15-9(2)11-6-4-10(8-14)5-7-11/h4-7,9H,3,8,14H2,1-2H3,(H,15,16,17). The van der Waals surface area contributed by atoms with E-state index in [0.29, 0.717) is 6.54 Å². The van der Waals surface area contributed by atoms with Crippen LogP contribution in [0, 0.1) is 0 Å². The first kappa shape index (κ1) is 13.0. The predicted molar refractivity (Wildman–Crippen MR) is 75.7 cm³/mol. The van der Waals surface area contributed by atoms with Crippen LogP contribution < -0.4 is 11.1 Å². The number of hydrogen-bond donors (Lipinski definition) is 2. The number of aryl methyl sites for hydroxylation is 1. The molecular weight excluding hydrogens is 244 g/mol. The molecule has 1 aromatic heterocycles. The van der Waals surface area contributed by atoms with Gasteiger partial charge < -0.3 is 11.1 Å². The fourth-order valence-corrected chi connectivity index (χ4v) is 2.40. The van der Waals surface area contributed by atoms with E-state index < -0.39 is 0 Å². The average Bonchev–Trinajstić information content (AvgIpc) is 2.86. The van der Waals surface area contributed by atoms with E-state index in [1.807, 2.05) is 0 Å². The second kappa shape index (κ2) is 5.93. The molecule has 0 aliphatic rings. The van der Waals surface area contributed by atoms with E-state index in [1.165, 1.54) is 17.1 Å². The summed E-state index contributed by atoms with van der Waals surface area (Å²) < 4.78 is 4.26. The van der Waals surface area contributed by atoms with Gasteiger partial charge in [-0.1, -0.05) is 31.2 Å². The Morgan fingerprint density at radius 3 is 2.61 bits per heavy atom. The van der Waals surface area contributed by atoms with E-state index in [1.54, 1.807) is 0 Å². The van der Waals surface area contributed by atoms with Gasteiger partial charge in [-0.15, -0.1) is 0 Å². The highest BCUT2D eigenvalue weighted by Crippen LogP contribution is 2.21. The molecule has 4 nitrogen and oxygen atoms in total. The molecule has 2 rings (SSSR count). The maximum atomic E-state index is 5.59. The number of nitrogens with two attached hydrogens (primary N) is 1. The molecule has 5 heteroatoms. The van der Waals surface area contributed by atoms with Gasteiger partial charge >= 0.3 is 0 Å². The Labute approximate surface area is 111 Å². The Balaban J connectivity index is 2.03. The van der Waals surface area contributed by atoms with Gasteiger partial charge in [0.15, 0.2) is 0 Å². The Hall–Kier alpha value is -1.46. The minimum atomic E-state index is 0.217. The van der Waals surface area contributed by atoms with Crippen LogP contribution in [-0.4, -0.2) is 9.36 Å². The number of nitrogens with zero attached hydrogens (tertiary/aromatic N) is 2. The topological polar surface area (TPSA) is 63.8 Å². The Bertz CT molecular complexity index is 492. The van der Waals surface area contributed by atoms with Gasteiger partial charge in [-0.05, 0) is 18.1 Å². The second-order valence-electron chi connectivity index (χ2n) is 4.18. The molecule has 0 saturated carbocycles. The minimum Gasteiger partial charge on any atom is -0.354 e. The van der Waals surface area contributed by atoms with Crippen molar-refractivity contribution < 1.29 is 0 Å². The molecule has 0 fully saturated rings. The molecule has 0 saturated heterocycles. The van der Waals surface area contributed by atoms with E-state index >= 15 is 0 Å². The first-order valence-electron chi connectivity index (χ1n) is 6.11. The van der Waals surface area contributed by atoms with Crippen LogP contribution in [0.3, 0.4) is 0 Å². The lowest BCUT2D eigenvalue weighted by Gasteiger charge is -2.13. The van der Waals surface area contributed by atoms with Crippen molar-refractivity contribution in [2.24, 2.45) is 5.73 Å². The summed E-state index contributed by atoms with van der Waals surface area (Å²) in [5.74, 6) is 0.896. The van der Waals surface area contributed by atoms with Crippen molar-refractivity contribution in [2.75, 3.05) is 5.32 Å². The number of benzene rings is 1. The number of anilines is 1. The smallest absolute Gasteiger partial charge is 0.203 e. The summed E-state index contributed by atoms with van der Waals surface area (Å²) in [5, 5.41) is 4.24. The maximum Gasteiger partial charge on any atom is 0.203 e. The third-order valence-electron chi connectivity index (χ3n) is 2.84. The van der Waals surface area contributed by atoms with Gasteiger partial charge in [-0.25, -0.2) is 4.98 Å². The van der Waals surface area contributed by atoms with E-state index in [0.717, 1.165) is 22.9 Å². The molecule has 3 N–H and O–H groups in total. The molecule has 0 aliphatic heterocycles. The fraction of sp³-hybridized carbons (Fsp3) is 0.385. The Morgan fingerprint density at radius 2 is 2.06 bits per heavy atom. The molecule has 1 unspecified atom stereocenters. The van der Waals surface area contributed by atoms with Gasteiger partial charge in [-0.3, -0.25) is 0 Å². The highest BCUT2D eigenvalue weighted by molar-refractivity contribution is 7.09. The summed E-state index contributed by atoms with van der Waals surface area (Å²) in [5.41, 5.74) is 7.96. The van der Waals surface area contributed by atoms with E-state index in [4.69, 9.17) is 5.73 Å². The third kappa shape index (κ3) is 3.05. The molecule has 1 heterocycles. The zero-order valence-corrected chi connectivity index (χ0v) is 11.5. The summed E-state index contributed by atoms with van der Waals surface area (Å²) in [6.45, 7) is 4.75. The third-order valence-corrected chi connectivity index (χ3v) is 3.52. The molecule has 1 atom stereocenters. The van der Waals surface area contributed by atoms with Crippen molar-refractivity contribution in [1.29, 1.82) is 0 Å². The van der Waals surface area contributed by atoms with Crippen LogP contribution >= 0.6 is 11.5 Å². The molecule has 0 aliphatic carbocycles. The number of nitrogens with one attached hydrogen (secondary N) is 1. The highest BCUT2D eigenvalue weighted by Gasteiger charge is 2.08. The first-order valence-corrected chi connectivity index (χ1v) is 6.88. The van der Waals surface area contributed by atoms with Crippen molar-refractivity contribution in [3.05, 3.63) is 41.2 Å². The molecular formula is C13H18N4S. The summed E-state index contributed by atoms with van der Waals surface area (Å²) >= 11 is 1.41. The quantitative estimate of drug-likeness (QED) is 0.869. The van der Waals surface area contributed by atoms with Crippen LogP contribution in [0.25, 0.3) is 0 Å². The molecule has 1 aromatic carbocycles. The number of rotatable bonds is 5. The van der Waals surface area contributed by atoms with Crippen molar-refractivity contribution in [2.45, 2.75) is 32.9 Å². The molecule has 0 spiro atoms. The van der Waals surface area contributed by atoms with Gasteiger partial charge in [0, 0.05) is 24.5 Å². The SMILES string of the molecule is CCc1nsc(NC(C)c2ccc(CN)cc2)n1. The first-order chi connectivity index (χ1) is 8.72. The zero-order valence-electron chi connectivity index (χ0n) is 10.7. The second-order valence-corrected chi connectivity index (χ2v) is 4.93. The lowest BCUT2D eigenvalue weighted by atomic mass is 10.1. The molecule has 0 amide bonds. The number of aromatic nitrogens is 2. The van der Waals surface area contributed by atoms with Gasteiger partial charge in [0.05, 0.1) is 6.04 Å². The molecule has 0 bridgehead atoms. The van der Waals surface area contributed by atoms with Crippen molar-refractivity contribution >= 4 is 16.7 Å². The summed E-state index contributed by atoms with van der Waals surface area (Å²) in [4.78, 5) is 4.40. The Kier molecular flexibility index (Phi) is 4.28. The van der Waals surface area contributed by atoms with Crippen LogP contribution in [0.5, 0.6) is 0 Å². The Morgan fingerprint density at radius 1 is 1.33 bits per heavy atom. The van der Waals surface area contributed by atoms with E-state index in [-0.39, 0.29) is 6.04 Å². The largest absolute Gasteiger partial charge is 0.354 e. The van der Waals surface area contributed by atoms with Crippen molar-refractivity contribution in [1.82, 2.24) is 9.36 Å². The summed E-state index contributed by atoms with van der Waals surface area (Å²) in [7, 11) is 0. The monoisotopic (exact) mass is 262 g/mol. The van der Waals surface area contributed by atoms with E-state index in [9.17, 15) is 0 Å². The highest BCUT2D eigenvalue weighted by atomic mass is 32.1. The minimum absolute atomic E-state index is 0.217. The van der Waals surface area contributed by atoms with Crippen LogP contribution in [-0.2, 0) is 13.0 Å². The van der Waals surface area contributed by atoms with Crippen LogP contribution in [0.1, 0.15) is 36.8 Å². The molecule has 0 radical (unpaired) electrons. The van der Waals surface area contributed by atoms with Crippen LogP contribution in [0.2, 0.25) is 0 Å². The summed E-state index contributed by atoms with van der Waals surface area (Å²) in [6, 6.07) is 8.54. The van der Waals surface area contributed by atoms with Crippen LogP contribution in [0.4, 0.5) is 5.13 Å². The lowest BCUT2D eigenvalue weighted by Crippen LogP contribution is -2.07. The fourth-order valence-electron chi connectivity index (χ4n) is 1.67. The molecule has 18 heavy (non-hydrogen) atoms. The molecule has 2 aromatic rings. The van der Waals surface area contributed by atoms with Gasteiger partial charge in [0.25, 0.3) is 0 Å². The van der Waals surface area contributed by atoms with Gasteiger partial charge in [0.2, 0.25) is 5.13 Å². The van der Waals surface area contributed by atoms with Gasteiger partial charge in [0.1, 0.15) is 5.82 Å². The number of hydrogen-bond acceptors (Lipinski definition) is 5. The van der Waals surface area contributed by atoms with Crippen LogP contribution in [0.15, 0.2) is 24.3 Å². The summed E-state index contributed by atoms with van der Waals surface area (Å²) in [6.07, 6.45) is 0.873. The zero-order chi connectivity index (χ0) is 13.0. The average molecular weight is 262 g/mol. The lowest BCUT2D eigenvalue weighted by molar-refractivity contribution is 0.874. The predicted octanol–water partition coefficient (Wildman–Crippen LogP) is 2.73. The van der Waals surface area contributed by atoms with Crippen molar-refractivity contribution in [3.8, 4) is 0 Å². The van der Waals surface area contributed by atoms with Gasteiger partial charge in [-0.2, -0.15) is 4.37 Å². The maximum absolute atomic E-state index is 5.59. The normalized spacial score (nSPS) is 12.4. The van der Waals surface area contributed by atoms with Crippen molar-refractivity contribution in [3.63, 3.8) is 0 Å².